The number of thiophene rings is 1. The van der Waals surface area contributed by atoms with Gasteiger partial charge in [0.1, 0.15) is 4.21 Å². The second-order valence-corrected chi connectivity index (χ2v) is 8.08. The lowest BCUT2D eigenvalue weighted by Gasteiger charge is -2.34. The monoisotopic (exact) mass is 346 g/mol. The third kappa shape index (κ3) is 2.60. The van der Waals surface area contributed by atoms with Gasteiger partial charge in [-0.15, -0.1) is 23.7 Å². The second-order valence-electron chi connectivity index (χ2n) is 3.39. The van der Waals surface area contributed by atoms with Gasteiger partial charge in [0.25, 0.3) is 10.0 Å². The lowest BCUT2D eigenvalue weighted by atomic mass is 10.2. The summed E-state index contributed by atoms with van der Waals surface area (Å²) < 4.78 is 26.8. The average Bonchev–Trinajstić information content (AvgIpc) is 2.49. The Morgan fingerprint density at radius 2 is 2.12 bits per heavy atom. The molecular formula is C8H12BrClN2O2S2. The lowest BCUT2D eigenvalue weighted by Crippen LogP contribution is -2.57. The summed E-state index contributed by atoms with van der Waals surface area (Å²) in [5, 5.41) is 3.06. The summed E-state index contributed by atoms with van der Waals surface area (Å²) in [6.45, 7) is 1.48. The summed E-state index contributed by atoms with van der Waals surface area (Å²) in [6, 6.07) is 3.48. The van der Waals surface area contributed by atoms with Crippen molar-refractivity contribution in [3.05, 3.63) is 15.9 Å². The largest absolute Gasteiger partial charge is 0.313 e. The van der Waals surface area contributed by atoms with Crippen molar-refractivity contribution in [1.29, 1.82) is 0 Å². The Kier molecular flexibility index (Phi) is 4.79. The van der Waals surface area contributed by atoms with Gasteiger partial charge in [0.15, 0.2) is 0 Å². The Morgan fingerprint density at radius 1 is 1.50 bits per heavy atom. The van der Waals surface area contributed by atoms with Gasteiger partial charge in [0, 0.05) is 26.2 Å². The predicted octanol–water partition coefficient (Wildman–Crippen LogP) is 1.52. The quantitative estimate of drug-likeness (QED) is 0.902. The highest BCUT2D eigenvalue weighted by Crippen LogP contribution is 2.28. The van der Waals surface area contributed by atoms with Crippen LogP contribution in [0.2, 0.25) is 0 Å². The minimum atomic E-state index is -3.30. The first-order valence-electron chi connectivity index (χ1n) is 4.46. The normalized spacial score (nSPS) is 16.9. The summed E-state index contributed by atoms with van der Waals surface area (Å²) in [4.78, 5) is 0. The molecule has 1 fully saturated rings. The molecule has 2 rings (SSSR count). The van der Waals surface area contributed by atoms with Crippen molar-refractivity contribution < 1.29 is 8.42 Å². The molecule has 0 bridgehead atoms. The standard InChI is InChI=1S/C8H11BrN2O2S2.ClH/c1-11(6-4-10-5-6)15(12,13)8-3-2-7(9)14-8;/h2-3,6,10H,4-5H2,1H3;1H. The Labute approximate surface area is 114 Å². The molecule has 0 saturated carbocycles. The summed E-state index contributed by atoms with van der Waals surface area (Å²) >= 11 is 4.51. The van der Waals surface area contributed by atoms with Crippen molar-refractivity contribution in [2.24, 2.45) is 0 Å². The third-order valence-electron chi connectivity index (χ3n) is 2.46. The zero-order valence-electron chi connectivity index (χ0n) is 8.51. The maximum absolute atomic E-state index is 12.1. The molecule has 1 aromatic heterocycles. The van der Waals surface area contributed by atoms with Gasteiger partial charge in [-0.3, -0.25) is 0 Å². The number of hydrogen-bond donors (Lipinski definition) is 1. The molecule has 0 aliphatic carbocycles. The summed E-state index contributed by atoms with van der Waals surface area (Å²) in [6.07, 6.45) is 0. The van der Waals surface area contributed by atoms with Crippen LogP contribution in [0.5, 0.6) is 0 Å². The van der Waals surface area contributed by atoms with Crippen molar-refractivity contribution in [2.75, 3.05) is 20.1 Å². The maximum Gasteiger partial charge on any atom is 0.252 e. The SMILES string of the molecule is CN(C1CNC1)S(=O)(=O)c1ccc(Br)s1.Cl. The van der Waals surface area contributed by atoms with E-state index in [0.717, 1.165) is 16.9 Å². The molecule has 1 saturated heterocycles. The smallest absolute Gasteiger partial charge is 0.252 e. The van der Waals surface area contributed by atoms with Gasteiger partial charge >= 0.3 is 0 Å². The van der Waals surface area contributed by atoms with E-state index in [1.165, 1.54) is 15.6 Å². The summed E-state index contributed by atoms with van der Waals surface area (Å²) in [5.41, 5.74) is 0. The molecule has 1 N–H and O–H groups in total. The number of nitrogens with one attached hydrogen (secondary N) is 1. The molecule has 1 aliphatic rings. The lowest BCUT2D eigenvalue weighted by molar-refractivity contribution is 0.274. The van der Waals surface area contributed by atoms with Gasteiger partial charge in [-0.05, 0) is 28.1 Å². The zero-order valence-corrected chi connectivity index (χ0v) is 12.5. The van der Waals surface area contributed by atoms with Gasteiger partial charge in [-0.2, -0.15) is 4.31 Å². The predicted molar refractivity (Wildman–Crippen MR) is 70.9 cm³/mol. The molecule has 0 unspecified atom stereocenters. The first kappa shape index (κ1) is 14.4. The Morgan fingerprint density at radius 3 is 2.50 bits per heavy atom. The molecule has 4 nitrogen and oxygen atoms in total. The van der Waals surface area contributed by atoms with Crippen molar-refractivity contribution in [3.8, 4) is 0 Å². The fourth-order valence-corrected chi connectivity index (χ4v) is 4.85. The molecule has 8 heteroatoms. The Bertz CT molecular complexity index is 458. The van der Waals surface area contributed by atoms with Gasteiger partial charge in [0.2, 0.25) is 0 Å². The minimum Gasteiger partial charge on any atom is -0.313 e. The number of halogens is 2. The van der Waals surface area contributed by atoms with E-state index in [9.17, 15) is 8.42 Å². The van der Waals surface area contributed by atoms with Crippen LogP contribution in [-0.4, -0.2) is 38.9 Å². The molecule has 0 radical (unpaired) electrons. The Balaban J connectivity index is 0.00000128. The molecule has 1 aliphatic heterocycles. The van der Waals surface area contributed by atoms with Gasteiger partial charge < -0.3 is 5.32 Å². The van der Waals surface area contributed by atoms with Gasteiger partial charge in [-0.25, -0.2) is 8.42 Å². The van der Waals surface area contributed by atoms with E-state index in [0.29, 0.717) is 4.21 Å². The maximum atomic E-state index is 12.1. The molecule has 16 heavy (non-hydrogen) atoms. The Hall–Kier alpha value is 0.340. The average molecular weight is 348 g/mol. The minimum absolute atomic E-state index is 0. The molecule has 2 heterocycles. The van der Waals surface area contributed by atoms with Gasteiger partial charge in [-0.1, -0.05) is 0 Å². The molecule has 0 amide bonds. The van der Waals surface area contributed by atoms with Crippen LogP contribution in [-0.2, 0) is 10.0 Å². The molecular weight excluding hydrogens is 336 g/mol. The fourth-order valence-electron chi connectivity index (χ4n) is 1.31. The first-order valence-corrected chi connectivity index (χ1v) is 7.51. The number of likely N-dealkylation sites (N-methyl/N-ethyl adjacent to an activating group) is 1. The van der Waals surface area contributed by atoms with E-state index in [2.05, 4.69) is 21.2 Å². The topological polar surface area (TPSA) is 49.4 Å². The highest BCUT2D eigenvalue weighted by Gasteiger charge is 2.32. The van der Waals surface area contributed by atoms with Crippen molar-refractivity contribution in [1.82, 2.24) is 9.62 Å². The van der Waals surface area contributed by atoms with E-state index < -0.39 is 10.0 Å². The molecule has 0 spiro atoms. The van der Waals surface area contributed by atoms with E-state index in [1.807, 2.05) is 0 Å². The van der Waals surface area contributed by atoms with Crippen LogP contribution < -0.4 is 5.32 Å². The highest BCUT2D eigenvalue weighted by atomic mass is 79.9. The molecule has 0 atom stereocenters. The molecule has 92 valence electrons. The van der Waals surface area contributed by atoms with E-state index >= 15 is 0 Å². The van der Waals surface area contributed by atoms with Crippen LogP contribution in [0.15, 0.2) is 20.1 Å². The number of rotatable bonds is 3. The summed E-state index contributed by atoms with van der Waals surface area (Å²) in [7, 11) is -1.66. The van der Waals surface area contributed by atoms with Crippen LogP contribution in [0, 0.1) is 0 Å². The van der Waals surface area contributed by atoms with E-state index in [4.69, 9.17) is 0 Å². The highest BCUT2D eigenvalue weighted by molar-refractivity contribution is 9.11. The number of nitrogens with zero attached hydrogens (tertiary/aromatic N) is 1. The van der Waals surface area contributed by atoms with Crippen molar-refractivity contribution in [3.63, 3.8) is 0 Å². The third-order valence-corrected chi connectivity index (χ3v) is 6.46. The van der Waals surface area contributed by atoms with Crippen LogP contribution in [0.25, 0.3) is 0 Å². The zero-order chi connectivity index (χ0) is 11.1. The second kappa shape index (κ2) is 5.32. The van der Waals surface area contributed by atoms with Crippen LogP contribution >= 0.6 is 39.7 Å². The first-order chi connectivity index (χ1) is 7.01. The van der Waals surface area contributed by atoms with Crippen LogP contribution in [0.3, 0.4) is 0 Å². The number of hydrogen-bond acceptors (Lipinski definition) is 4. The molecule has 0 aromatic carbocycles. The van der Waals surface area contributed by atoms with Crippen molar-refractivity contribution >= 4 is 49.7 Å². The van der Waals surface area contributed by atoms with Crippen molar-refractivity contribution in [2.45, 2.75) is 10.3 Å². The molecule has 1 aromatic rings. The van der Waals surface area contributed by atoms with Gasteiger partial charge in [0.05, 0.1) is 3.79 Å². The van der Waals surface area contributed by atoms with Crippen LogP contribution in [0.4, 0.5) is 0 Å². The summed E-state index contributed by atoms with van der Waals surface area (Å²) in [5.74, 6) is 0. The van der Waals surface area contributed by atoms with E-state index in [1.54, 1.807) is 19.2 Å². The van der Waals surface area contributed by atoms with Crippen LogP contribution in [0.1, 0.15) is 0 Å². The number of sulfonamides is 1. The van der Waals surface area contributed by atoms with E-state index in [-0.39, 0.29) is 18.4 Å². The fraction of sp³-hybridized carbons (Fsp3) is 0.500.